The first kappa shape index (κ1) is 18.1. The molecule has 8 heteroatoms. The minimum atomic E-state index is -4.43. The lowest BCUT2D eigenvalue weighted by molar-refractivity contribution is -0.137. The van der Waals surface area contributed by atoms with Crippen molar-refractivity contribution >= 4 is 33.3 Å². The van der Waals surface area contributed by atoms with Crippen LogP contribution in [-0.2, 0) is 6.18 Å². The number of rotatable bonds is 3. The number of alkyl halides is 3. The molecule has 0 unspecified atom stereocenters. The molecule has 4 nitrogen and oxygen atoms in total. The monoisotopic (exact) mass is 399 g/mol. The van der Waals surface area contributed by atoms with Crippen molar-refractivity contribution in [2.24, 2.45) is 0 Å². The van der Waals surface area contributed by atoms with Crippen molar-refractivity contribution in [2.45, 2.75) is 6.18 Å². The molecule has 0 saturated carbocycles. The summed E-state index contributed by atoms with van der Waals surface area (Å²) < 4.78 is 39.7. The molecule has 140 valence electrons. The fourth-order valence-corrected chi connectivity index (χ4v) is 3.69. The SMILES string of the molecule is O=C(Nc1ccccn1)c1cccc2sc(-c3cccc(C(F)(F)F)c3)nc12. The Hall–Kier alpha value is -3.26. The number of aromatic nitrogens is 2. The van der Waals surface area contributed by atoms with E-state index in [1.807, 2.05) is 0 Å². The van der Waals surface area contributed by atoms with Crippen molar-refractivity contribution in [3.8, 4) is 10.6 Å². The zero-order valence-electron chi connectivity index (χ0n) is 14.2. The smallest absolute Gasteiger partial charge is 0.306 e. The van der Waals surface area contributed by atoms with E-state index in [9.17, 15) is 18.0 Å². The van der Waals surface area contributed by atoms with Crippen LogP contribution in [0.5, 0.6) is 0 Å². The van der Waals surface area contributed by atoms with Crippen LogP contribution in [0.15, 0.2) is 66.9 Å². The van der Waals surface area contributed by atoms with E-state index in [1.54, 1.807) is 48.7 Å². The molecule has 0 aliphatic rings. The van der Waals surface area contributed by atoms with Crippen LogP contribution in [0.1, 0.15) is 15.9 Å². The van der Waals surface area contributed by atoms with Crippen LogP contribution in [-0.4, -0.2) is 15.9 Å². The van der Waals surface area contributed by atoms with E-state index in [4.69, 9.17) is 0 Å². The molecule has 2 aromatic carbocycles. The number of amides is 1. The van der Waals surface area contributed by atoms with Gasteiger partial charge >= 0.3 is 6.18 Å². The average molecular weight is 399 g/mol. The Balaban J connectivity index is 1.73. The molecule has 1 amide bonds. The third-order valence-electron chi connectivity index (χ3n) is 4.01. The summed E-state index contributed by atoms with van der Waals surface area (Å²) in [7, 11) is 0. The first-order valence-electron chi connectivity index (χ1n) is 8.21. The lowest BCUT2D eigenvalue weighted by atomic mass is 10.1. The second kappa shape index (κ2) is 7.05. The summed E-state index contributed by atoms with van der Waals surface area (Å²) in [6.07, 6.45) is -2.87. The number of nitrogens with one attached hydrogen (secondary N) is 1. The van der Waals surface area contributed by atoms with Gasteiger partial charge in [-0.05, 0) is 36.4 Å². The number of carbonyl (C=O) groups excluding carboxylic acids is 1. The fraction of sp³-hybridized carbons (Fsp3) is 0.0500. The van der Waals surface area contributed by atoms with E-state index < -0.39 is 11.7 Å². The van der Waals surface area contributed by atoms with Gasteiger partial charge < -0.3 is 5.32 Å². The third-order valence-corrected chi connectivity index (χ3v) is 5.08. The van der Waals surface area contributed by atoms with E-state index in [-0.39, 0.29) is 5.91 Å². The molecule has 0 aliphatic heterocycles. The predicted octanol–water partition coefficient (Wildman–Crippen LogP) is 5.63. The Kier molecular flexibility index (Phi) is 4.56. The number of para-hydroxylation sites is 1. The van der Waals surface area contributed by atoms with Gasteiger partial charge in [-0.15, -0.1) is 11.3 Å². The van der Waals surface area contributed by atoms with Gasteiger partial charge in [0.05, 0.1) is 21.3 Å². The first-order chi connectivity index (χ1) is 13.4. The normalized spacial score (nSPS) is 11.5. The van der Waals surface area contributed by atoms with E-state index in [1.165, 1.54) is 17.4 Å². The molecule has 1 N–H and O–H groups in total. The largest absolute Gasteiger partial charge is 0.416 e. The Morgan fingerprint density at radius 3 is 2.57 bits per heavy atom. The molecule has 28 heavy (non-hydrogen) atoms. The molecular weight excluding hydrogens is 387 g/mol. The zero-order valence-corrected chi connectivity index (χ0v) is 15.0. The highest BCUT2D eigenvalue weighted by molar-refractivity contribution is 7.21. The number of thiazole rings is 1. The number of hydrogen-bond donors (Lipinski definition) is 1. The average Bonchev–Trinajstić information content (AvgIpc) is 3.12. The predicted molar refractivity (Wildman–Crippen MR) is 102 cm³/mol. The van der Waals surface area contributed by atoms with Crippen LogP contribution >= 0.6 is 11.3 Å². The number of nitrogens with zero attached hydrogens (tertiary/aromatic N) is 2. The van der Waals surface area contributed by atoms with Gasteiger partial charge in [0.1, 0.15) is 10.8 Å². The molecule has 4 rings (SSSR count). The fourth-order valence-electron chi connectivity index (χ4n) is 2.70. The topological polar surface area (TPSA) is 54.9 Å². The van der Waals surface area contributed by atoms with Crippen LogP contribution in [0.25, 0.3) is 20.8 Å². The quantitative estimate of drug-likeness (QED) is 0.486. The van der Waals surface area contributed by atoms with Crippen molar-refractivity contribution < 1.29 is 18.0 Å². The summed E-state index contributed by atoms with van der Waals surface area (Å²) in [5.41, 5.74) is 0.385. The maximum absolute atomic E-state index is 13.0. The highest BCUT2D eigenvalue weighted by Crippen LogP contribution is 2.35. The van der Waals surface area contributed by atoms with Crippen LogP contribution < -0.4 is 5.32 Å². The van der Waals surface area contributed by atoms with Gasteiger partial charge in [-0.1, -0.05) is 24.3 Å². The first-order valence-corrected chi connectivity index (χ1v) is 9.03. The molecule has 2 heterocycles. The summed E-state index contributed by atoms with van der Waals surface area (Å²) in [5, 5.41) is 3.11. The molecule has 4 aromatic rings. The molecule has 0 fully saturated rings. The number of benzene rings is 2. The van der Waals surface area contributed by atoms with E-state index >= 15 is 0 Å². The van der Waals surface area contributed by atoms with Gasteiger partial charge in [0, 0.05) is 11.8 Å². The molecular formula is C20H12F3N3OS. The Bertz CT molecular complexity index is 1160. The summed E-state index contributed by atoms with van der Waals surface area (Å²) in [4.78, 5) is 21.1. The zero-order chi connectivity index (χ0) is 19.7. The van der Waals surface area contributed by atoms with E-state index in [0.717, 1.165) is 12.1 Å². The van der Waals surface area contributed by atoms with Crippen LogP contribution in [0.2, 0.25) is 0 Å². The number of fused-ring (bicyclic) bond motifs is 1. The van der Waals surface area contributed by atoms with Gasteiger partial charge in [0.25, 0.3) is 5.91 Å². The molecule has 0 saturated heterocycles. The molecule has 0 atom stereocenters. The highest BCUT2D eigenvalue weighted by Gasteiger charge is 2.30. The van der Waals surface area contributed by atoms with Crippen molar-refractivity contribution in [1.82, 2.24) is 9.97 Å². The summed E-state index contributed by atoms with van der Waals surface area (Å²) in [5.74, 6) is 0.0167. The minimum Gasteiger partial charge on any atom is -0.306 e. The number of pyridine rings is 1. The summed E-state index contributed by atoms with van der Waals surface area (Å²) in [6.45, 7) is 0. The molecule has 2 aromatic heterocycles. The second-order valence-electron chi connectivity index (χ2n) is 5.92. The van der Waals surface area contributed by atoms with Gasteiger partial charge in [0.15, 0.2) is 0 Å². The molecule has 0 aliphatic carbocycles. The number of carbonyl (C=O) groups is 1. The van der Waals surface area contributed by atoms with Gasteiger partial charge in [-0.3, -0.25) is 4.79 Å². The molecule has 0 spiro atoms. The van der Waals surface area contributed by atoms with Crippen LogP contribution in [0.4, 0.5) is 19.0 Å². The van der Waals surface area contributed by atoms with Crippen LogP contribution in [0.3, 0.4) is 0 Å². The molecule has 0 radical (unpaired) electrons. The van der Waals surface area contributed by atoms with Crippen molar-refractivity contribution in [1.29, 1.82) is 0 Å². The Labute approximate surface area is 161 Å². The van der Waals surface area contributed by atoms with Gasteiger partial charge in [-0.25, -0.2) is 9.97 Å². The maximum atomic E-state index is 13.0. The second-order valence-corrected chi connectivity index (χ2v) is 6.95. The maximum Gasteiger partial charge on any atom is 0.416 e. The lowest BCUT2D eigenvalue weighted by Crippen LogP contribution is -2.13. The van der Waals surface area contributed by atoms with E-state index in [2.05, 4.69) is 15.3 Å². The van der Waals surface area contributed by atoms with Crippen molar-refractivity contribution in [2.75, 3.05) is 5.32 Å². The lowest BCUT2D eigenvalue weighted by Gasteiger charge is -2.07. The summed E-state index contributed by atoms with van der Waals surface area (Å²) >= 11 is 1.23. The van der Waals surface area contributed by atoms with E-state index in [0.29, 0.717) is 32.2 Å². The van der Waals surface area contributed by atoms with Crippen LogP contribution in [0, 0.1) is 0 Å². The highest BCUT2D eigenvalue weighted by atomic mass is 32.1. The molecule has 0 bridgehead atoms. The number of halogens is 3. The minimum absolute atomic E-state index is 0.331. The van der Waals surface area contributed by atoms with Gasteiger partial charge in [0.2, 0.25) is 0 Å². The number of hydrogen-bond acceptors (Lipinski definition) is 4. The Morgan fingerprint density at radius 2 is 1.82 bits per heavy atom. The Morgan fingerprint density at radius 1 is 1.00 bits per heavy atom. The summed E-state index contributed by atoms with van der Waals surface area (Å²) in [6, 6.07) is 15.2. The van der Waals surface area contributed by atoms with Gasteiger partial charge in [-0.2, -0.15) is 13.2 Å². The van der Waals surface area contributed by atoms with Crippen molar-refractivity contribution in [3.63, 3.8) is 0 Å². The third kappa shape index (κ3) is 3.59. The number of anilines is 1. The van der Waals surface area contributed by atoms with Crippen molar-refractivity contribution in [3.05, 3.63) is 78.0 Å². The standard InChI is InChI=1S/C20H12F3N3OS/c21-20(22,23)13-6-3-5-12(11-13)19-26-17-14(7-4-8-15(17)28-19)18(27)25-16-9-1-2-10-24-16/h1-11H,(H,24,25,27).